The standard InChI is InChI=1S/C22H40N2O5/c1-15(2)20(26)24-19(16(3)28-14-17-10-8-7-9-11-17)21(27)23-13-12-18(25)29-22(4,5)6/h15-17,19H,7-14H2,1-6H3,(H,23,27)(H,24,26). The summed E-state index contributed by atoms with van der Waals surface area (Å²) in [6.45, 7) is 11.5. The summed E-state index contributed by atoms with van der Waals surface area (Å²) >= 11 is 0. The van der Waals surface area contributed by atoms with Crippen molar-refractivity contribution >= 4 is 17.8 Å². The summed E-state index contributed by atoms with van der Waals surface area (Å²) in [5.41, 5.74) is -0.559. The van der Waals surface area contributed by atoms with E-state index in [4.69, 9.17) is 9.47 Å². The predicted octanol–water partition coefficient (Wildman–Crippen LogP) is 2.96. The van der Waals surface area contributed by atoms with Crippen LogP contribution in [0.2, 0.25) is 0 Å². The molecule has 0 heterocycles. The van der Waals surface area contributed by atoms with Gasteiger partial charge in [-0.2, -0.15) is 0 Å². The van der Waals surface area contributed by atoms with Crippen LogP contribution in [0.3, 0.4) is 0 Å². The summed E-state index contributed by atoms with van der Waals surface area (Å²) < 4.78 is 11.2. The zero-order valence-corrected chi connectivity index (χ0v) is 19.0. The second-order valence-corrected chi connectivity index (χ2v) is 9.31. The quantitative estimate of drug-likeness (QED) is 0.538. The lowest BCUT2D eigenvalue weighted by Crippen LogP contribution is -2.54. The highest BCUT2D eigenvalue weighted by atomic mass is 16.6. The molecule has 1 rings (SSSR count). The summed E-state index contributed by atoms with van der Waals surface area (Å²) in [6, 6.07) is -0.799. The summed E-state index contributed by atoms with van der Waals surface area (Å²) in [5, 5.41) is 5.52. The molecule has 2 unspecified atom stereocenters. The Morgan fingerprint density at radius 3 is 2.17 bits per heavy atom. The molecule has 1 aliphatic rings. The van der Waals surface area contributed by atoms with Crippen molar-refractivity contribution in [2.45, 2.75) is 97.8 Å². The van der Waals surface area contributed by atoms with Crippen LogP contribution in [0.25, 0.3) is 0 Å². The lowest BCUT2D eigenvalue weighted by molar-refractivity contribution is -0.154. The van der Waals surface area contributed by atoms with Gasteiger partial charge in [-0.1, -0.05) is 33.1 Å². The van der Waals surface area contributed by atoms with Gasteiger partial charge in [-0.15, -0.1) is 0 Å². The van der Waals surface area contributed by atoms with E-state index in [9.17, 15) is 14.4 Å². The minimum Gasteiger partial charge on any atom is -0.460 e. The first kappa shape index (κ1) is 25.4. The molecule has 2 amide bonds. The van der Waals surface area contributed by atoms with Gasteiger partial charge in [0.15, 0.2) is 0 Å². The fraction of sp³-hybridized carbons (Fsp3) is 0.864. The van der Waals surface area contributed by atoms with Gasteiger partial charge in [0.25, 0.3) is 0 Å². The Morgan fingerprint density at radius 2 is 1.62 bits per heavy atom. The molecule has 0 radical (unpaired) electrons. The van der Waals surface area contributed by atoms with Gasteiger partial charge in [0.1, 0.15) is 11.6 Å². The van der Waals surface area contributed by atoms with E-state index in [0.29, 0.717) is 12.5 Å². The van der Waals surface area contributed by atoms with Gasteiger partial charge < -0.3 is 20.1 Å². The molecule has 7 heteroatoms. The van der Waals surface area contributed by atoms with Crippen LogP contribution < -0.4 is 10.6 Å². The Hall–Kier alpha value is -1.63. The summed E-state index contributed by atoms with van der Waals surface area (Å²) in [6.07, 6.45) is 5.64. The number of rotatable bonds is 10. The van der Waals surface area contributed by atoms with E-state index in [1.165, 1.54) is 19.3 Å². The summed E-state index contributed by atoms with van der Waals surface area (Å²) in [5.74, 6) is -0.647. The largest absolute Gasteiger partial charge is 0.460 e. The number of amides is 2. The van der Waals surface area contributed by atoms with Gasteiger partial charge in [0, 0.05) is 19.1 Å². The van der Waals surface area contributed by atoms with Gasteiger partial charge in [0.2, 0.25) is 11.8 Å². The molecule has 1 saturated carbocycles. The average Bonchev–Trinajstić information content (AvgIpc) is 2.63. The van der Waals surface area contributed by atoms with Crippen LogP contribution in [0.5, 0.6) is 0 Å². The highest BCUT2D eigenvalue weighted by Gasteiger charge is 2.29. The molecule has 1 aliphatic carbocycles. The van der Waals surface area contributed by atoms with Crippen LogP contribution in [0.4, 0.5) is 0 Å². The SMILES string of the molecule is CC(C)C(=O)NC(C(=O)NCCC(=O)OC(C)(C)C)C(C)OCC1CCCCC1. The van der Waals surface area contributed by atoms with E-state index in [2.05, 4.69) is 10.6 Å². The van der Waals surface area contributed by atoms with Gasteiger partial charge in [-0.25, -0.2) is 0 Å². The van der Waals surface area contributed by atoms with Crippen molar-refractivity contribution in [2.75, 3.05) is 13.2 Å². The van der Waals surface area contributed by atoms with Crippen LogP contribution in [0.15, 0.2) is 0 Å². The third-order valence-electron chi connectivity index (χ3n) is 4.94. The van der Waals surface area contributed by atoms with E-state index >= 15 is 0 Å². The van der Waals surface area contributed by atoms with Crippen molar-refractivity contribution in [3.63, 3.8) is 0 Å². The van der Waals surface area contributed by atoms with Gasteiger partial charge >= 0.3 is 5.97 Å². The molecule has 0 spiro atoms. The van der Waals surface area contributed by atoms with E-state index in [1.807, 2.05) is 6.92 Å². The van der Waals surface area contributed by atoms with Gasteiger partial charge in [-0.05, 0) is 46.5 Å². The van der Waals surface area contributed by atoms with Crippen LogP contribution >= 0.6 is 0 Å². The molecular weight excluding hydrogens is 372 g/mol. The summed E-state index contributed by atoms with van der Waals surface area (Å²) in [4.78, 5) is 36.7. The zero-order chi connectivity index (χ0) is 22.0. The smallest absolute Gasteiger partial charge is 0.308 e. The molecule has 0 aromatic carbocycles. The van der Waals surface area contributed by atoms with Crippen molar-refractivity contribution in [1.29, 1.82) is 0 Å². The Morgan fingerprint density at radius 1 is 1.00 bits per heavy atom. The fourth-order valence-electron chi connectivity index (χ4n) is 3.24. The van der Waals surface area contributed by atoms with Crippen molar-refractivity contribution in [1.82, 2.24) is 10.6 Å². The third-order valence-corrected chi connectivity index (χ3v) is 4.94. The molecule has 0 aliphatic heterocycles. The molecule has 0 saturated heterocycles. The van der Waals surface area contributed by atoms with Crippen LogP contribution in [0.1, 0.15) is 80.1 Å². The molecule has 168 valence electrons. The second kappa shape index (κ2) is 12.2. The zero-order valence-electron chi connectivity index (χ0n) is 19.0. The van der Waals surface area contributed by atoms with Crippen LogP contribution in [-0.4, -0.2) is 48.7 Å². The lowest BCUT2D eigenvalue weighted by Gasteiger charge is -2.28. The van der Waals surface area contributed by atoms with Crippen LogP contribution in [-0.2, 0) is 23.9 Å². The average molecular weight is 413 g/mol. The molecule has 2 atom stereocenters. The topological polar surface area (TPSA) is 93.7 Å². The first-order valence-corrected chi connectivity index (χ1v) is 10.9. The Labute approximate surface area is 175 Å². The number of esters is 1. The monoisotopic (exact) mass is 412 g/mol. The third kappa shape index (κ3) is 10.6. The normalized spacial score (nSPS) is 17.5. The highest BCUT2D eigenvalue weighted by molar-refractivity contribution is 5.89. The Bertz CT molecular complexity index is 536. The Kier molecular flexibility index (Phi) is 10.6. The van der Waals surface area contributed by atoms with Gasteiger partial charge in [-0.3, -0.25) is 14.4 Å². The maximum atomic E-state index is 12.7. The maximum absolute atomic E-state index is 12.7. The van der Waals surface area contributed by atoms with Gasteiger partial charge in [0.05, 0.1) is 12.5 Å². The number of hydrogen-bond donors (Lipinski definition) is 2. The molecule has 29 heavy (non-hydrogen) atoms. The fourth-order valence-corrected chi connectivity index (χ4v) is 3.24. The van der Waals surface area contributed by atoms with E-state index in [-0.39, 0.29) is 36.7 Å². The van der Waals surface area contributed by atoms with Crippen molar-refractivity contribution in [3.05, 3.63) is 0 Å². The molecule has 0 aromatic heterocycles. The number of carbonyl (C=O) groups is 3. The molecule has 0 bridgehead atoms. The van der Waals surface area contributed by atoms with Crippen LogP contribution in [0, 0.1) is 11.8 Å². The molecule has 2 N–H and O–H groups in total. The van der Waals surface area contributed by atoms with Crippen molar-refractivity contribution < 1.29 is 23.9 Å². The first-order chi connectivity index (χ1) is 13.5. The lowest BCUT2D eigenvalue weighted by atomic mass is 9.90. The van der Waals surface area contributed by atoms with E-state index in [0.717, 1.165) is 12.8 Å². The number of hydrogen-bond acceptors (Lipinski definition) is 5. The molecule has 0 aromatic rings. The Balaban J connectivity index is 2.58. The van der Waals surface area contributed by atoms with Crippen molar-refractivity contribution in [2.24, 2.45) is 11.8 Å². The first-order valence-electron chi connectivity index (χ1n) is 10.9. The number of carbonyl (C=O) groups excluding carboxylic acids is 3. The summed E-state index contributed by atoms with van der Waals surface area (Å²) in [7, 11) is 0. The molecule has 7 nitrogen and oxygen atoms in total. The van der Waals surface area contributed by atoms with E-state index < -0.39 is 17.7 Å². The number of ether oxygens (including phenoxy) is 2. The minimum atomic E-state index is -0.799. The maximum Gasteiger partial charge on any atom is 0.308 e. The molecular formula is C22H40N2O5. The molecule has 1 fully saturated rings. The number of nitrogens with one attached hydrogen (secondary N) is 2. The highest BCUT2D eigenvalue weighted by Crippen LogP contribution is 2.24. The second-order valence-electron chi connectivity index (χ2n) is 9.31. The van der Waals surface area contributed by atoms with E-state index in [1.54, 1.807) is 34.6 Å². The predicted molar refractivity (Wildman–Crippen MR) is 112 cm³/mol. The minimum absolute atomic E-state index is 0.0746. The van der Waals surface area contributed by atoms with Crippen molar-refractivity contribution in [3.8, 4) is 0 Å².